The van der Waals surface area contributed by atoms with Crippen LogP contribution in [0.25, 0.3) is 0 Å². The van der Waals surface area contributed by atoms with Crippen molar-refractivity contribution in [1.29, 1.82) is 0 Å². The third kappa shape index (κ3) is 4.70. The van der Waals surface area contributed by atoms with E-state index in [1.807, 2.05) is 25.1 Å². The monoisotopic (exact) mass is 396 g/mol. The van der Waals surface area contributed by atoms with Crippen LogP contribution in [0.2, 0.25) is 5.02 Å². The van der Waals surface area contributed by atoms with Crippen molar-refractivity contribution in [1.82, 2.24) is 15.2 Å². The van der Waals surface area contributed by atoms with Gasteiger partial charge in [-0.25, -0.2) is 0 Å². The second kappa shape index (κ2) is 8.89. The molecule has 6 nitrogen and oxygen atoms in total. The summed E-state index contributed by atoms with van der Waals surface area (Å²) in [7, 11) is 0. The van der Waals surface area contributed by atoms with Crippen molar-refractivity contribution in [2.24, 2.45) is 0 Å². The van der Waals surface area contributed by atoms with Crippen LogP contribution in [-0.2, 0) is 0 Å². The Morgan fingerprint density at radius 3 is 2.43 bits per heavy atom. The van der Waals surface area contributed by atoms with E-state index >= 15 is 0 Å². The van der Waals surface area contributed by atoms with Gasteiger partial charge in [0.05, 0.1) is 6.20 Å². The van der Waals surface area contributed by atoms with E-state index < -0.39 is 0 Å². The number of anilines is 5. The van der Waals surface area contributed by atoms with E-state index in [2.05, 4.69) is 69.7 Å². The highest BCUT2D eigenvalue weighted by atomic mass is 35.5. The standard InChI is InChI=1S/C21H25ClN6/c1-5-28(6-2)17-9-10-19(15(4)11-17)25-20-13-23-27-21(26-20)24-16-8-7-14(3)18(22)12-16/h7-13H,5-6H2,1-4H3,(H2,24,25,26,27). The van der Waals surface area contributed by atoms with E-state index in [0.717, 1.165) is 35.6 Å². The van der Waals surface area contributed by atoms with Crippen molar-refractivity contribution in [2.45, 2.75) is 27.7 Å². The molecule has 2 N–H and O–H groups in total. The minimum absolute atomic E-state index is 0.405. The Kier molecular flexibility index (Phi) is 6.31. The number of nitrogens with zero attached hydrogens (tertiary/aromatic N) is 4. The molecule has 0 saturated carbocycles. The van der Waals surface area contributed by atoms with Crippen molar-refractivity contribution < 1.29 is 0 Å². The van der Waals surface area contributed by atoms with E-state index in [9.17, 15) is 0 Å². The maximum absolute atomic E-state index is 6.18. The van der Waals surface area contributed by atoms with Crippen LogP contribution in [0.5, 0.6) is 0 Å². The van der Waals surface area contributed by atoms with Gasteiger partial charge in [-0.1, -0.05) is 17.7 Å². The molecule has 2 aromatic carbocycles. The Hall–Kier alpha value is -2.86. The van der Waals surface area contributed by atoms with Crippen molar-refractivity contribution >= 4 is 40.4 Å². The molecule has 28 heavy (non-hydrogen) atoms. The molecule has 1 aromatic heterocycles. The fourth-order valence-electron chi connectivity index (χ4n) is 2.93. The second-order valence-electron chi connectivity index (χ2n) is 6.55. The number of rotatable bonds is 7. The van der Waals surface area contributed by atoms with E-state index in [-0.39, 0.29) is 0 Å². The Labute approximate surface area is 171 Å². The van der Waals surface area contributed by atoms with Gasteiger partial charge in [0.1, 0.15) is 0 Å². The van der Waals surface area contributed by atoms with E-state index in [1.54, 1.807) is 6.20 Å². The molecule has 3 rings (SSSR count). The lowest BCUT2D eigenvalue weighted by atomic mass is 10.1. The first-order chi connectivity index (χ1) is 13.5. The molecule has 0 radical (unpaired) electrons. The number of halogens is 1. The van der Waals surface area contributed by atoms with Crippen molar-refractivity contribution in [2.75, 3.05) is 28.6 Å². The van der Waals surface area contributed by atoms with Crippen LogP contribution in [-0.4, -0.2) is 28.3 Å². The molecule has 3 aromatic rings. The average molecular weight is 397 g/mol. The fraction of sp³-hybridized carbons (Fsp3) is 0.286. The lowest BCUT2D eigenvalue weighted by Crippen LogP contribution is -2.21. The van der Waals surface area contributed by atoms with Crippen LogP contribution < -0.4 is 15.5 Å². The summed E-state index contributed by atoms with van der Waals surface area (Å²) in [5, 5.41) is 15.2. The number of hydrogen-bond acceptors (Lipinski definition) is 6. The topological polar surface area (TPSA) is 66.0 Å². The molecule has 0 bridgehead atoms. The van der Waals surface area contributed by atoms with Gasteiger partial charge in [-0.2, -0.15) is 10.1 Å². The SMILES string of the molecule is CCN(CC)c1ccc(Nc2cnnc(Nc3ccc(C)c(Cl)c3)n2)c(C)c1. The van der Waals surface area contributed by atoms with Gasteiger partial charge in [-0.15, -0.1) is 5.10 Å². The zero-order valence-electron chi connectivity index (χ0n) is 16.6. The summed E-state index contributed by atoms with van der Waals surface area (Å²) < 4.78 is 0. The van der Waals surface area contributed by atoms with Crippen LogP contribution in [0.3, 0.4) is 0 Å². The molecular formula is C21H25ClN6. The first-order valence-electron chi connectivity index (χ1n) is 9.35. The molecule has 1 heterocycles. The van der Waals surface area contributed by atoms with Crippen LogP contribution in [0.1, 0.15) is 25.0 Å². The Balaban J connectivity index is 1.76. The zero-order valence-corrected chi connectivity index (χ0v) is 17.4. The molecule has 0 aliphatic carbocycles. The number of aromatic nitrogens is 3. The van der Waals surface area contributed by atoms with E-state index in [0.29, 0.717) is 16.8 Å². The van der Waals surface area contributed by atoms with Crippen molar-refractivity contribution in [3.63, 3.8) is 0 Å². The second-order valence-corrected chi connectivity index (χ2v) is 6.96. The third-order valence-electron chi connectivity index (χ3n) is 4.59. The van der Waals surface area contributed by atoms with Gasteiger partial charge >= 0.3 is 0 Å². The predicted molar refractivity (Wildman–Crippen MR) is 117 cm³/mol. The first kappa shape index (κ1) is 19.9. The molecular weight excluding hydrogens is 372 g/mol. The summed E-state index contributed by atoms with van der Waals surface area (Å²) in [6, 6.07) is 12.1. The Morgan fingerprint density at radius 2 is 1.75 bits per heavy atom. The van der Waals surface area contributed by atoms with Gasteiger partial charge in [-0.05, 0) is 69.2 Å². The average Bonchev–Trinajstić information content (AvgIpc) is 2.68. The summed E-state index contributed by atoms with van der Waals surface area (Å²) in [6.07, 6.45) is 1.60. The van der Waals surface area contributed by atoms with Gasteiger partial charge in [0, 0.05) is 35.2 Å². The normalized spacial score (nSPS) is 10.6. The summed E-state index contributed by atoms with van der Waals surface area (Å²) in [6.45, 7) is 10.3. The lowest BCUT2D eigenvalue weighted by Gasteiger charge is -2.22. The largest absolute Gasteiger partial charge is 0.372 e. The van der Waals surface area contributed by atoms with Crippen molar-refractivity contribution in [3.8, 4) is 0 Å². The maximum Gasteiger partial charge on any atom is 0.249 e. The molecule has 0 amide bonds. The number of aryl methyl sites for hydroxylation is 2. The maximum atomic E-state index is 6.18. The fourth-order valence-corrected chi connectivity index (χ4v) is 3.11. The zero-order chi connectivity index (χ0) is 20.1. The molecule has 0 spiro atoms. The first-order valence-corrected chi connectivity index (χ1v) is 9.73. The van der Waals surface area contributed by atoms with Crippen LogP contribution in [0, 0.1) is 13.8 Å². The summed E-state index contributed by atoms with van der Waals surface area (Å²) in [5.41, 5.74) is 5.18. The molecule has 0 aliphatic heterocycles. The van der Waals surface area contributed by atoms with Crippen molar-refractivity contribution in [3.05, 3.63) is 58.7 Å². The minimum atomic E-state index is 0.405. The van der Waals surface area contributed by atoms with Gasteiger partial charge in [0.15, 0.2) is 5.82 Å². The highest BCUT2D eigenvalue weighted by Gasteiger charge is 2.07. The van der Waals surface area contributed by atoms with Gasteiger partial charge in [0.2, 0.25) is 5.95 Å². The van der Waals surface area contributed by atoms with Crippen LogP contribution in [0.15, 0.2) is 42.6 Å². The smallest absolute Gasteiger partial charge is 0.249 e. The molecule has 0 saturated heterocycles. The number of hydrogen-bond donors (Lipinski definition) is 2. The van der Waals surface area contributed by atoms with E-state index in [1.165, 1.54) is 5.69 Å². The molecule has 0 unspecified atom stereocenters. The molecule has 0 fully saturated rings. The predicted octanol–water partition coefficient (Wildman–Crippen LogP) is 5.48. The third-order valence-corrected chi connectivity index (χ3v) is 5.00. The Morgan fingerprint density at radius 1 is 0.964 bits per heavy atom. The number of nitrogens with one attached hydrogen (secondary N) is 2. The van der Waals surface area contributed by atoms with Gasteiger partial charge < -0.3 is 15.5 Å². The summed E-state index contributed by atoms with van der Waals surface area (Å²) in [5.74, 6) is 1.02. The highest BCUT2D eigenvalue weighted by Crippen LogP contribution is 2.26. The van der Waals surface area contributed by atoms with Crippen LogP contribution >= 0.6 is 11.6 Å². The van der Waals surface area contributed by atoms with Gasteiger partial charge in [-0.3, -0.25) is 0 Å². The van der Waals surface area contributed by atoms with Gasteiger partial charge in [0.25, 0.3) is 0 Å². The molecule has 146 valence electrons. The van der Waals surface area contributed by atoms with Crippen LogP contribution in [0.4, 0.5) is 28.8 Å². The molecule has 7 heteroatoms. The minimum Gasteiger partial charge on any atom is -0.372 e. The Bertz CT molecular complexity index is 955. The summed E-state index contributed by atoms with van der Waals surface area (Å²) >= 11 is 6.18. The molecule has 0 aliphatic rings. The lowest BCUT2D eigenvalue weighted by molar-refractivity contribution is 0.866. The number of benzene rings is 2. The van der Waals surface area contributed by atoms with E-state index in [4.69, 9.17) is 11.6 Å². The summed E-state index contributed by atoms with van der Waals surface area (Å²) in [4.78, 5) is 6.81. The molecule has 0 atom stereocenters. The highest BCUT2D eigenvalue weighted by molar-refractivity contribution is 6.31. The quantitative estimate of drug-likeness (QED) is 0.551.